The van der Waals surface area contributed by atoms with Gasteiger partial charge in [-0.05, 0) is 61.6 Å². The third-order valence-electron chi connectivity index (χ3n) is 9.51. The van der Waals surface area contributed by atoms with Crippen LogP contribution in [0.3, 0.4) is 0 Å². The van der Waals surface area contributed by atoms with Gasteiger partial charge in [-0.3, -0.25) is 0 Å². The van der Waals surface area contributed by atoms with E-state index in [2.05, 4.69) is 146 Å². The van der Waals surface area contributed by atoms with Crippen LogP contribution in [0, 0.1) is 0 Å². The van der Waals surface area contributed by atoms with Crippen LogP contribution in [-0.4, -0.2) is 15.0 Å². The van der Waals surface area contributed by atoms with Gasteiger partial charge < -0.3 is 0 Å². The van der Waals surface area contributed by atoms with Gasteiger partial charge in [0.05, 0.1) is 0 Å². The summed E-state index contributed by atoms with van der Waals surface area (Å²) >= 11 is 1.81. The molecule has 0 N–H and O–H groups in total. The van der Waals surface area contributed by atoms with Gasteiger partial charge in [0.2, 0.25) is 0 Å². The molecule has 3 nitrogen and oxygen atoms in total. The van der Waals surface area contributed by atoms with Crippen LogP contribution in [0.2, 0.25) is 0 Å². The molecule has 0 aliphatic carbocycles. The van der Waals surface area contributed by atoms with E-state index in [0.717, 1.165) is 16.7 Å². The van der Waals surface area contributed by atoms with Crippen molar-refractivity contribution in [1.82, 2.24) is 15.0 Å². The lowest BCUT2D eigenvalue weighted by molar-refractivity contribution is 1.08. The minimum atomic E-state index is 0.659. The summed E-state index contributed by atoms with van der Waals surface area (Å²) in [4.78, 5) is 15.3. The number of rotatable bonds is 4. The Morgan fingerprint density at radius 3 is 1.22 bits per heavy atom. The molecule has 0 saturated carbocycles. The third kappa shape index (κ3) is 4.68. The van der Waals surface area contributed by atoms with Gasteiger partial charge in [0, 0.05) is 36.9 Å². The molecule has 2 heterocycles. The second-order valence-corrected chi connectivity index (χ2v) is 13.5. The van der Waals surface area contributed by atoms with Gasteiger partial charge in [-0.25, -0.2) is 15.0 Å². The highest BCUT2D eigenvalue weighted by molar-refractivity contribution is 7.25. The fraction of sp³-hybridized carbons (Fsp3) is 0. The third-order valence-corrected chi connectivity index (χ3v) is 10.6. The lowest BCUT2D eigenvalue weighted by atomic mass is 9.93. The van der Waals surface area contributed by atoms with Crippen LogP contribution in [0.5, 0.6) is 0 Å². The van der Waals surface area contributed by atoms with Crippen molar-refractivity contribution in [1.29, 1.82) is 0 Å². The lowest BCUT2D eigenvalue weighted by Crippen LogP contribution is -2.00. The predicted octanol–water partition coefficient (Wildman–Crippen LogP) is 12.4. The first kappa shape index (κ1) is 27.8. The Kier molecular flexibility index (Phi) is 6.36. The fourth-order valence-corrected chi connectivity index (χ4v) is 8.31. The van der Waals surface area contributed by atoms with E-state index in [1.165, 1.54) is 63.6 Å². The monoisotopic (exact) mass is 641 g/mol. The molecule has 0 aliphatic rings. The summed E-state index contributed by atoms with van der Waals surface area (Å²) in [5.41, 5.74) is 5.35. The minimum absolute atomic E-state index is 0.659. The van der Waals surface area contributed by atoms with Gasteiger partial charge >= 0.3 is 0 Å². The number of thiophene rings is 1. The average Bonchev–Trinajstić information content (AvgIpc) is 3.55. The standard InChI is InChI=1S/C45H27N3S/c1-3-11-28(12-4-1)30-19-23-38-39-24-21-32(27-42(39)49-41(38)26-30)45-47-43(29-13-5-2-6-14-29)46-44(48-45)31-20-22-37-35-17-8-7-15-33(35)34-16-9-10-18-36(34)40(37)25-31/h1-27H. The maximum absolute atomic E-state index is 5.15. The smallest absolute Gasteiger partial charge is 0.164 e. The molecule has 0 amide bonds. The number of aromatic nitrogens is 3. The molecule has 8 aromatic carbocycles. The summed E-state index contributed by atoms with van der Waals surface area (Å²) in [5, 5.41) is 9.91. The van der Waals surface area contributed by atoms with E-state index in [1.807, 2.05) is 29.5 Å². The van der Waals surface area contributed by atoms with Crippen molar-refractivity contribution < 1.29 is 0 Å². The summed E-state index contributed by atoms with van der Waals surface area (Å²) in [6.45, 7) is 0. The Hall–Kier alpha value is -6.23. The molecule has 4 heteroatoms. The topological polar surface area (TPSA) is 38.7 Å². The molecule has 10 rings (SSSR count). The first-order chi connectivity index (χ1) is 24.3. The highest BCUT2D eigenvalue weighted by atomic mass is 32.1. The van der Waals surface area contributed by atoms with Gasteiger partial charge in [0.25, 0.3) is 0 Å². The van der Waals surface area contributed by atoms with Gasteiger partial charge in [0.15, 0.2) is 17.5 Å². The first-order valence-corrected chi connectivity index (χ1v) is 17.3. The van der Waals surface area contributed by atoms with Crippen molar-refractivity contribution >= 4 is 63.8 Å². The molecule has 0 saturated heterocycles. The summed E-state index contributed by atoms with van der Waals surface area (Å²) in [6.07, 6.45) is 0. The summed E-state index contributed by atoms with van der Waals surface area (Å²) in [6, 6.07) is 58.0. The summed E-state index contributed by atoms with van der Waals surface area (Å²) < 4.78 is 2.48. The van der Waals surface area contributed by atoms with Crippen LogP contribution >= 0.6 is 11.3 Å². The van der Waals surface area contributed by atoms with Gasteiger partial charge in [-0.1, -0.05) is 146 Å². The van der Waals surface area contributed by atoms with Crippen molar-refractivity contribution in [3.8, 4) is 45.3 Å². The van der Waals surface area contributed by atoms with E-state index < -0.39 is 0 Å². The minimum Gasteiger partial charge on any atom is -0.208 e. The molecule has 0 bridgehead atoms. The number of fused-ring (bicyclic) bond motifs is 9. The van der Waals surface area contributed by atoms with Crippen molar-refractivity contribution in [3.05, 3.63) is 164 Å². The quantitative estimate of drug-likeness (QED) is 0.180. The summed E-state index contributed by atoms with van der Waals surface area (Å²) in [5.74, 6) is 1.98. The molecule has 0 radical (unpaired) electrons. The Bertz CT molecular complexity index is 2840. The zero-order chi connectivity index (χ0) is 32.3. The average molecular weight is 642 g/mol. The van der Waals surface area contributed by atoms with Crippen LogP contribution in [0.25, 0.3) is 97.8 Å². The Balaban J connectivity index is 1.15. The Labute approximate surface area is 286 Å². The number of benzene rings is 8. The fourth-order valence-electron chi connectivity index (χ4n) is 7.12. The van der Waals surface area contributed by atoms with Crippen molar-refractivity contribution in [2.75, 3.05) is 0 Å². The maximum atomic E-state index is 5.15. The molecule has 0 spiro atoms. The first-order valence-electron chi connectivity index (χ1n) is 16.4. The molecule has 49 heavy (non-hydrogen) atoms. The Morgan fingerprint density at radius 1 is 0.265 bits per heavy atom. The number of nitrogens with zero attached hydrogens (tertiary/aromatic N) is 3. The molecular weight excluding hydrogens is 615 g/mol. The van der Waals surface area contributed by atoms with Gasteiger partial charge in [-0.2, -0.15) is 0 Å². The normalized spacial score (nSPS) is 11.7. The SMILES string of the molecule is c1ccc(-c2ccc3c(c2)sc2cc(-c4nc(-c5ccccc5)nc(-c5ccc6c7ccccc7c7ccccc7c6c5)n4)ccc23)cc1. The van der Waals surface area contributed by atoms with E-state index in [9.17, 15) is 0 Å². The van der Waals surface area contributed by atoms with Crippen molar-refractivity contribution in [2.24, 2.45) is 0 Å². The molecule has 10 aromatic rings. The largest absolute Gasteiger partial charge is 0.208 e. The molecular formula is C45H27N3S. The lowest BCUT2D eigenvalue weighted by Gasteiger charge is -2.12. The van der Waals surface area contributed by atoms with Crippen LogP contribution in [0.1, 0.15) is 0 Å². The predicted molar refractivity (Wildman–Crippen MR) is 207 cm³/mol. The summed E-state index contributed by atoms with van der Waals surface area (Å²) in [7, 11) is 0. The number of hydrogen-bond donors (Lipinski definition) is 0. The molecule has 2 aromatic heterocycles. The molecule has 0 aliphatic heterocycles. The molecule has 0 unspecified atom stereocenters. The van der Waals surface area contributed by atoms with E-state index in [0.29, 0.717) is 17.5 Å². The zero-order valence-electron chi connectivity index (χ0n) is 26.3. The van der Waals surface area contributed by atoms with E-state index in [1.54, 1.807) is 0 Å². The number of hydrogen-bond acceptors (Lipinski definition) is 4. The maximum Gasteiger partial charge on any atom is 0.164 e. The highest BCUT2D eigenvalue weighted by Gasteiger charge is 2.16. The van der Waals surface area contributed by atoms with Crippen molar-refractivity contribution in [2.45, 2.75) is 0 Å². The highest BCUT2D eigenvalue weighted by Crippen LogP contribution is 2.40. The Morgan fingerprint density at radius 2 is 0.653 bits per heavy atom. The van der Waals surface area contributed by atoms with Crippen LogP contribution in [0.4, 0.5) is 0 Å². The van der Waals surface area contributed by atoms with Crippen LogP contribution in [0.15, 0.2) is 164 Å². The molecule has 0 atom stereocenters. The van der Waals surface area contributed by atoms with Gasteiger partial charge in [0.1, 0.15) is 0 Å². The van der Waals surface area contributed by atoms with Gasteiger partial charge in [-0.15, -0.1) is 11.3 Å². The van der Waals surface area contributed by atoms with Crippen molar-refractivity contribution in [3.63, 3.8) is 0 Å². The molecule has 228 valence electrons. The van der Waals surface area contributed by atoms with E-state index in [-0.39, 0.29) is 0 Å². The van der Waals surface area contributed by atoms with E-state index >= 15 is 0 Å². The second kappa shape index (κ2) is 11.2. The molecule has 0 fully saturated rings. The second-order valence-electron chi connectivity index (χ2n) is 12.4. The van der Waals surface area contributed by atoms with Crippen LogP contribution in [-0.2, 0) is 0 Å². The van der Waals surface area contributed by atoms with E-state index in [4.69, 9.17) is 15.0 Å². The zero-order valence-corrected chi connectivity index (χ0v) is 27.2. The van der Waals surface area contributed by atoms with Crippen LogP contribution < -0.4 is 0 Å².